The van der Waals surface area contributed by atoms with Crippen molar-refractivity contribution >= 4 is 17.8 Å². The lowest BCUT2D eigenvalue weighted by Crippen LogP contribution is -2.27. The topological polar surface area (TPSA) is 84.7 Å². The molecule has 0 radical (unpaired) electrons. The van der Waals surface area contributed by atoms with Crippen LogP contribution in [0, 0.1) is 0 Å². The van der Waals surface area contributed by atoms with Gasteiger partial charge in [-0.1, -0.05) is 30.3 Å². The Hall–Kier alpha value is -3.48. The number of amides is 1. The molecule has 0 atom stereocenters. The summed E-state index contributed by atoms with van der Waals surface area (Å²) >= 11 is 0. The summed E-state index contributed by atoms with van der Waals surface area (Å²) in [7, 11) is 0. The van der Waals surface area contributed by atoms with Gasteiger partial charge in [0, 0.05) is 37.6 Å². The molecule has 7 nitrogen and oxygen atoms in total. The first-order chi connectivity index (χ1) is 12.3. The van der Waals surface area contributed by atoms with Crippen LogP contribution in [0.4, 0.5) is 5.82 Å². The van der Waals surface area contributed by atoms with Crippen molar-refractivity contribution in [3.8, 4) is 5.82 Å². The molecule has 0 aliphatic rings. The first-order valence-corrected chi connectivity index (χ1v) is 7.88. The van der Waals surface area contributed by atoms with Crippen LogP contribution in [-0.4, -0.2) is 38.7 Å². The van der Waals surface area contributed by atoms with Gasteiger partial charge in [-0.2, -0.15) is 5.10 Å². The summed E-state index contributed by atoms with van der Waals surface area (Å²) in [6, 6.07) is 13.3. The number of hydrogen-bond acceptors (Lipinski definition) is 5. The van der Waals surface area contributed by atoms with Gasteiger partial charge in [0.25, 0.3) is 0 Å². The van der Waals surface area contributed by atoms with Crippen molar-refractivity contribution in [2.75, 3.05) is 18.4 Å². The van der Waals surface area contributed by atoms with E-state index in [4.69, 9.17) is 0 Å². The van der Waals surface area contributed by atoms with Crippen molar-refractivity contribution in [3.05, 3.63) is 72.8 Å². The summed E-state index contributed by atoms with van der Waals surface area (Å²) < 4.78 is 1.66. The molecule has 0 bridgehead atoms. The number of benzene rings is 1. The maximum atomic E-state index is 11.8. The Morgan fingerprint density at radius 2 is 2.00 bits per heavy atom. The molecule has 2 N–H and O–H groups in total. The Morgan fingerprint density at radius 3 is 2.80 bits per heavy atom. The summed E-state index contributed by atoms with van der Waals surface area (Å²) in [5, 5.41) is 10.1. The molecule has 0 saturated carbocycles. The van der Waals surface area contributed by atoms with Crippen LogP contribution in [0.1, 0.15) is 5.56 Å². The number of rotatable bonds is 7. The molecule has 0 spiro atoms. The van der Waals surface area contributed by atoms with E-state index in [0.29, 0.717) is 24.7 Å². The molecule has 1 aromatic carbocycles. The van der Waals surface area contributed by atoms with Gasteiger partial charge in [-0.25, -0.2) is 14.6 Å². The zero-order chi connectivity index (χ0) is 17.3. The van der Waals surface area contributed by atoms with E-state index in [2.05, 4.69) is 25.7 Å². The van der Waals surface area contributed by atoms with Crippen LogP contribution >= 0.6 is 0 Å². The predicted molar refractivity (Wildman–Crippen MR) is 96.1 cm³/mol. The van der Waals surface area contributed by atoms with Crippen LogP contribution in [0.3, 0.4) is 0 Å². The predicted octanol–water partition coefficient (Wildman–Crippen LogP) is 1.90. The molecule has 3 aromatic rings. The highest BCUT2D eigenvalue weighted by atomic mass is 16.1. The molecule has 0 saturated heterocycles. The number of carbonyl (C=O) groups excluding carboxylic acids is 1. The van der Waals surface area contributed by atoms with Gasteiger partial charge in [0.2, 0.25) is 5.91 Å². The number of aromatic nitrogens is 4. The normalized spacial score (nSPS) is 10.7. The van der Waals surface area contributed by atoms with Crippen LogP contribution in [0.5, 0.6) is 0 Å². The minimum Gasteiger partial charge on any atom is -0.368 e. The standard InChI is InChI=1S/C18H18N6O/c25-18(8-7-15-5-2-1-3-6-15)20-11-10-19-16-13-17(22-14-21-16)24-12-4-9-23-24/h1-9,12-14H,10-11H2,(H,20,25)(H,19,21,22)/b8-7+. The second-order valence-corrected chi connectivity index (χ2v) is 5.17. The average molecular weight is 334 g/mol. The van der Waals surface area contributed by atoms with Crippen LogP contribution in [0.25, 0.3) is 11.9 Å². The van der Waals surface area contributed by atoms with Gasteiger partial charge in [-0.3, -0.25) is 4.79 Å². The second kappa shape index (κ2) is 8.39. The van der Waals surface area contributed by atoms with E-state index in [1.807, 2.05) is 42.6 Å². The van der Waals surface area contributed by atoms with Crippen molar-refractivity contribution in [1.29, 1.82) is 0 Å². The zero-order valence-corrected chi connectivity index (χ0v) is 13.5. The molecule has 0 unspecified atom stereocenters. The van der Waals surface area contributed by atoms with E-state index in [0.717, 1.165) is 5.56 Å². The molecule has 2 aromatic heterocycles. The summed E-state index contributed by atoms with van der Waals surface area (Å²) in [5.74, 6) is 1.22. The summed E-state index contributed by atoms with van der Waals surface area (Å²) in [6.45, 7) is 1.04. The minimum atomic E-state index is -0.134. The molecule has 3 rings (SSSR count). The van der Waals surface area contributed by atoms with E-state index in [-0.39, 0.29) is 5.91 Å². The highest BCUT2D eigenvalue weighted by molar-refractivity contribution is 5.91. The second-order valence-electron chi connectivity index (χ2n) is 5.17. The first kappa shape index (κ1) is 16.4. The smallest absolute Gasteiger partial charge is 0.244 e. The minimum absolute atomic E-state index is 0.134. The van der Waals surface area contributed by atoms with Crippen molar-refractivity contribution in [1.82, 2.24) is 25.1 Å². The zero-order valence-electron chi connectivity index (χ0n) is 13.5. The van der Waals surface area contributed by atoms with Crippen LogP contribution < -0.4 is 10.6 Å². The Balaban J connectivity index is 1.43. The molecular weight excluding hydrogens is 316 g/mol. The number of nitrogens with one attached hydrogen (secondary N) is 2. The molecule has 7 heteroatoms. The third-order valence-electron chi connectivity index (χ3n) is 3.35. The Labute approximate surface area is 145 Å². The maximum Gasteiger partial charge on any atom is 0.244 e. The van der Waals surface area contributed by atoms with Crippen LogP contribution in [0.2, 0.25) is 0 Å². The lowest BCUT2D eigenvalue weighted by atomic mass is 10.2. The van der Waals surface area contributed by atoms with E-state index >= 15 is 0 Å². The number of carbonyl (C=O) groups is 1. The van der Waals surface area contributed by atoms with Crippen molar-refractivity contribution in [2.45, 2.75) is 0 Å². The van der Waals surface area contributed by atoms with Gasteiger partial charge >= 0.3 is 0 Å². The van der Waals surface area contributed by atoms with Crippen LogP contribution in [0.15, 0.2) is 67.3 Å². The summed E-state index contributed by atoms with van der Waals surface area (Å²) in [5.41, 5.74) is 0.989. The Morgan fingerprint density at radius 1 is 1.12 bits per heavy atom. The fourth-order valence-electron chi connectivity index (χ4n) is 2.14. The monoisotopic (exact) mass is 334 g/mol. The Bertz CT molecular complexity index is 830. The van der Waals surface area contributed by atoms with Gasteiger partial charge in [0.1, 0.15) is 12.1 Å². The lowest BCUT2D eigenvalue weighted by molar-refractivity contribution is -0.116. The number of anilines is 1. The third-order valence-corrected chi connectivity index (χ3v) is 3.35. The molecule has 0 aliphatic carbocycles. The van der Waals surface area contributed by atoms with E-state index in [1.54, 1.807) is 23.0 Å². The molecule has 0 aliphatic heterocycles. The Kier molecular flexibility index (Phi) is 5.50. The third kappa shape index (κ3) is 5.00. The molecule has 1 amide bonds. The quantitative estimate of drug-likeness (QED) is 0.509. The van der Waals surface area contributed by atoms with Gasteiger partial charge in [-0.15, -0.1) is 0 Å². The molecule has 25 heavy (non-hydrogen) atoms. The van der Waals surface area contributed by atoms with E-state index in [9.17, 15) is 4.79 Å². The SMILES string of the molecule is O=C(/C=C/c1ccccc1)NCCNc1cc(-n2cccn2)ncn1. The average Bonchev–Trinajstić information content (AvgIpc) is 3.19. The van der Waals surface area contributed by atoms with Gasteiger partial charge in [0.05, 0.1) is 0 Å². The highest BCUT2D eigenvalue weighted by Crippen LogP contribution is 2.07. The number of hydrogen-bond donors (Lipinski definition) is 2. The highest BCUT2D eigenvalue weighted by Gasteiger charge is 2.01. The first-order valence-electron chi connectivity index (χ1n) is 7.88. The summed E-state index contributed by atoms with van der Waals surface area (Å²) in [6.07, 6.45) is 8.28. The van der Waals surface area contributed by atoms with Crippen molar-refractivity contribution in [3.63, 3.8) is 0 Å². The van der Waals surface area contributed by atoms with Crippen molar-refractivity contribution < 1.29 is 4.79 Å². The lowest BCUT2D eigenvalue weighted by Gasteiger charge is -2.07. The summed E-state index contributed by atoms with van der Waals surface area (Å²) in [4.78, 5) is 20.1. The molecular formula is C18H18N6O. The van der Waals surface area contributed by atoms with Crippen LogP contribution in [-0.2, 0) is 4.79 Å². The van der Waals surface area contributed by atoms with Gasteiger partial charge in [0.15, 0.2) is 5.82 Å². The van der Waals surface area contributed by atoms with E-state index < -0.39 is 0 Å². The van der Waals surface area contributed by atoms with Crippen molar-refractivity contribution in [2.24, 2.45) is 0 Å². The molecule has 126 valence electrons. The van der Waals surface area contributed by atoms with Gasteiger partial charge in [-0.05, 0) is 17.7 Å². The van der Waals surface area contributed by atoms with E-state index in [1.165, 1.54) is 12.4 Å². The fraction of sp³-hybridized carbons (Fsp3) is 0.111. The van der Waals surface area contributed by atoms with Gasteiger partial charge < -0.3 is 10.6 Å². The fourth-order valence-corrected chi connectivity index (χ4v) is 2.14. The maximum absolute atomic E-state index is 11.8. The number of nitrogens with zero attached hydrogens (tertiary/aromatic N) is 4. The largest absolute Gasteiger partial charge is 0.368 e. The molecule has 0 fully saturated rings. The molecule has 2 heterocycles.